The number of aromatic amines is 1. The molecule has 8 heteroatoms. The molecule has 158 valence electrons. The molecule has 5 rings (SSSR count). The molecule has 31 heavy (non-hydrogen) atoms. The zero-order valence-electron chi connectivity index (χ0n) is 17.1. The van der Waals surface area contributed by atoms with E-state index in [9.17, 15) is 9.81 Å². The van der Waals surface area contributed by atoms with Crippen molar-refractivity contribution >= 4 is 22.2 Å². The van der Waals surface area contributed by atoms with Gasteiger partial charge in [-0.2, -0.15) is 10.4 Å². The molecule has 0 aromatic carbocycles. The summed E-state index contributed by atoms with van der Waals surface area (Å²) in [6.07, 6.45) is 17.9. The number of aromatic nitrogens is 5. The van der Waals surface area contributed by atoms with Crippen molar-refractivity contribution < 1.29 is 4.55 Å². The van der Waals surface area contributed by atoms with Crippen LogP contribution in [0.1, 0.15) is 38.1 Å². The summed E-state index contributed by atoms with van der Waals surface area (Å²) in [5.74, 6) is 1.13. The molecular weight excluding hydrogens is 408 g/mol. The Labute approximate surface area is 184 Å². The van der Waals surface area contributed by atoms with E-state index in [1.54, 1.807) is 12.4 Å². The fourth-order valence-electron chi connectivity index (χ4n) is 4.65. The average molecular weight is 433 g/mol. The van der Waals surface area contributed by atoms with E-state index >= 15 is 0 Å². The lowest BCUT2D eigenvalue weighted by atomic mass is 9.87. The molecule has 0 amide bonds. The topological polar surface area (TPSA) is 106 Å². The zero-order chi connectivity index (χ0) is 21.2. The van der Waals surface area contributed by atoms with Gasteiger partial charge in [-0.1, -0.05) is 12.2 Å². The summed E-state index contributed by atoms with van der Waals surface area (Å²) in [6, 6.07) is 4.56. The number of allylic oxidation sites excluding steroid dienone is 3. The van der Waals surface area contributed by atoms with E-state index < -0.39 is 11.2 Å². The van der Waals surface area contributed by atoms with E-state index in [1.165, 1.54) is 0 Å². The first-order valence-corrected chi connectivity index (χ1v) is 12.1. The van der Waals surface area contributed by atoms with Crippen molar-refractivity contribution in [3.8, 4) is 17.3 Å². The first-order valence-electron chi connectivity index (χ1n) is 10.7. The molecule has 3 aromatic heterocycles. The van der Waals surface area contributed by atoms with Crippen LogP contribution in [0.5, 0.6) is 0 Å². The average Bonchev–Trinajstić information content (AvgIpc) is 3.49. The van der Waals surface area contributed by atoms with Crippen molar-refractivity contribution in [3.05, 3.63) is 54.8 Å². The molecular formula is C23H24N6OS. The molecule has 1 saturated carbocycles. The van der Waals surface area contributed by atoms with Gasteiger partial charge in [0.25, 0.3) is 0 Å². The fourth-order valence-corrected chi connectivity index (χ4v) is 6.42. The van der Waals surface area contributed by atoms with Crippen LogP contribution < -0.4 is 0 Å². The van der Waals surface area contributed by atoms with Crippen LogP contribution in [0, 0.1) is 17.2 Å². The van der Waals surface area contributed by atoms with Gasteiger partial charge < -0.3 is 9.54 Å². The maximum Gasteiger partial charge on any atom is 0.153 e. The lowest BCUT2D eigenvalue weighted by Gasteiger charge is -2.31. The van der Waals surface area contributed by atoms with Crippen LogP contribution in [0.4, 0.5) is 0 Å². The third-order valence-corrected chi connectivity index (χ3v) is 8.26. The summed E-state index contributed by atoms with van der Waals surface area (Å²) in [5.41, 5.74) is 3.37. The summed E-state index contributed by atoms with van der Waals surface area (Å²) in [7, 11) is 0. The van der Waals surface area contributed by atoms with Gasteiger partial charge in [-0.15, -0.1) is 0 Å². The Morgan fingerprint density at radius 3 is 2.97 bits per heavy atom. The maximum absolute atomic E-state index is 12.9. The van der Waals surface area contributed by atoms with E-state index in [-0.39, 0.29) is 5.25 Å². The van der Waals surface area contributed by atoms with Gasteiger partial charge in [-0.05, 0) is 49.0 Å². The van der Waals surface area contributed by atoms with E-state index in [1.807, 2.05) is 30.6 Å². The smallest absolute Gasteiger partial charge is 0.153 e. The Kier molecular flexibility index (Phi) is 5.62. The van der Waals surface area contributed by atoms with Crippen LogP contribution >= 0.6 is 0 Å². The quantitative estimate of drug-likeness (QED) is 0.612. The molecule has 0 bridgehead atoms. The first-order chi connectivity index (χ1) is 15.2. The number of rotatable bonds is 5. The molecule has 3 aromatic rings. The summed E-state index contributed by atoms with van der Waals surface area (Å²) in [4.78, 5) is 11.8. The van der Waals surface area contributed by atoms with Gasteiger partial charge in [0, 0.05) is 35.7 Å². The van der Waals surface area contributed by atoms with Crippen LogP contribution in [0.3, 0.4) is 0 Å². The standard InChI is InChI=1S/C23H24N6OS/c24-11-17-3-1-2-4-21(17)31(30)14-16-5-7-19(8-6-16)29-13-18(12-28-29)22-20-9-10-25-23(20)27-15-26-22/h1-3,9-10,12-13,15-16,19,21H,4-8,14H2,(H,25,26,27). The highest BCUT2D eigenvalue weighted by atomic mass is 32.2. The minimum absolute atomic E-state index is 0.139. The number of nitrogens with one attached hydrogen (secondary N) is 1. The van der Waals surface area contributed by atoms with Gasteiger partial charge in [0.15, 0.2) is 5.25 Å². The minimum Gasteiger partial charge on any atom is -0.616 e. The lowest BCUT2D eigenvalue weighted by molar-refractivity contribution is 0.275. The molecule has 2 aliphatic carbocycles. The molecule has 2 atom stereocenters. The van der Waals surface area contributed by atoms with Gasteiger partial charge in [0.2, 0.25) is 0 Å². The lowest BCUT2D eigenvalue weighted by Crippen LogP contribution is -2.31. The van der Waals surface area contributed by atoms with Crippen molar-refractivity contribution in [2.45, 2.75) is 43.4 Å². The second-order valence-electron chi connectivity index (χ2n) is 8.28. The van der Waals surface area contributed by atoms with Crippen molar-refractivity contribution in [3.63, 3.8) is 0 Å². The second-order valence-corrected chi connectivity index (χ2v) is 9.94. The zero-order valence-corrected chi connectivity index (χ0v) is 18.0. The third kappa shape index (κ3) is 4.03. The Balaban J connectivity index is 1.21. The number of hydrogen-bond acceptors (Lipinski definition) is 5. The summed E-state index contributed by atoms with van der Waals surface area (Å²) >= 11 is -1.00. The van der Waals surface area contributed by atoms with Crippen molar-refractivity contribution in [2.75, 3.05) is 5.75 Å². The van der Waals surface area contributed by atoms with Gasteiger partial charge in [0.1, 0.15) is 17.7 Å². The molecule has 3 heterocycles. The van der Waals surface area contributed by atoms with E-state index in [0.29, 0.717) is 29.7 Å². The number of nitriles is 1. The Morgan fingerprint density at radius 1 is 1.26 bits per heavy atom. The van der Waals surface area contributed by atoms with E-state index in [0.717, 1.165) is 48.0 Å². The molecule has 0 aliphatic heterocycles. The predicted octanol–water partition coefficient (Wildman–Crippen LogP) is 4.08. The van der Waals surface area contributed by atoms with Crippen LogP contribution in [-0.2, 0) is 11.2 Å². The number of hydrogen-bond donors (Lipinski definition) is 1. The van der Waals surface area contributed by atoms with Crippen molar-refractivity contribution in [1.82, 2.24) is 24.7 Å². The molecule has 1 fully saturated rings. The van der Waals surface area contributed by atoms with Gasteiger partial charge in [-0.3, -0.25) is 4.68 Å². The Bertz CT molecular complexity index is 1160. The van der Waals surface area contributed by atoms with Crippen LogP contribution in [0.2, 0.25) is 0 Å². The minimum atomic E-state index is -1.00. The van der Waals surface area contributed by atoms with Gasteiger partial charge in [0.05, 0.1) is 29.6 Å². The Morgan fingerprint density at radius 2 is 2.13 bits per heavy atom. The van der Waals surface area contributed by atoms with Crippen LogP contribution in [0.25, 0.3) is 22.3 Å². The molecule has 0 spiro atoms. The van der Waals surface area contributed by atoms with Crippen molar-refractivity contribution in [1.29, 1.82) is 5.26 Å². The highest BCUT2D eigenvalue weighted by Crippen LogP contribution is 2.35. The first kappa shape index (κ1) is 20.0. The molecule has 2 aliphatic rings. The normalized spacial score (nSPS) is 24.6. The molecule has 1 N–H and O–H groups in total. The summed E-state index contributed by atoms with van der Waals surface area (Å²) in [5, 5.41) is 14.8. The number of H-pyrrole nitrogens is 1. The monoisotopic (exact) mass is 432 g/mol. The highest BCUT2D eigenvalue weighted by molar-refractivity contribution is 7.92. The largest absolute Gasteiger partial charge is 0.616 e. The number of fused-ring (bicyclic) bond motifs is 1. The van der Waals surface area contributed by atoms with E-state index in [4.69, 9.17) is 0 Å². The molecule has 7 nitrogen and oxygen atoms in total. The maximum atomic E-state index is 12.9. The van der Waals surface area contributed by atoms with Crippen LogP contribution in [0.15, 0.2) is 54.8 Å². The molecule has 0 saturated heterocycles. The Hall–Kier alpha value is -2.89. The SMILES string of the molecule is N#CC1=CC=CCC1[S+]([O-])CC1CCC(n2cc(-c3ncnc4[nH]ccc34)cn2)CC1. The highest BCUT2D eigenvalue weighted by Gasteiger charge is 2.32. The second kappa shape index (κ2) is 8.69. The van der Waals surface area contributed by atoms with Gasteiger partial charge >= 0.3 is 0 Å². The van der Waals surface area contributed by atoms with E-state index in [2.05, 4.69) is 37.0 Å². The van der Waals surface area contributed by atoms with Crippen molar-refractivity contribution in [2.24, 2.45) is 5.92 Å². The van der Waals surface area contributed by atoms with Crippen LogP contribution in [-0.4, -0.2) is 40.3 Å². The fraction of sp³-hybridized carbons (Fsp3) is 0.391. The third-order valence-electron chi connectivity index (χ3n) is 6.37. The summed E-state index contributed by atoms with van der Waals surface area (Å²) < 4.78 is 14.9. The number of nitrogens with zero attached hydrogens (tertiary/aromatic N) is 5. The molecule has 0 radical (unpaired) electrons. The summed E-state index contributed by atoms with van der Waals surface area (Å²) in [6.45, 7) is 0. The molecule has 2 unspecified atom stereocenters. The predicted molar refractivity (Wildman–Crippen MR) is 120 cm³/mol. The van der Waals surface area contributed by atoms with Gasteiger partial charge in [-0.25, -0.2) is 9.97 Å².